The standard InChI is InChI=1S/C19H21BrN4O/c1-11-9-15(5-7-17(11)20)22-19(25)8-6-16-13(3)21-18-10-12(2)23-24(18)14(16)4/h5,7,9-10H,6,8H2,1-4H3,(H,22,25). The molecule has 5 nitrogen and oxygen atoms in total. The number of fused-ring (bicyclic) bond motifs is 1. The van der Waals surface area contributed by atoms with E-state index in [4.69, 9.17) is 0 Å². The van der Waals surface area contributed by atoms with Gasteiger partial charge in [-0.1, -0.05) is 15.9 Å². The third-order valence-corrected chi connectivity index (χ3v) is 5.22. The van der Waals surface area contributed by atoms with Crippen LogP contribution in [0.5, 0.6) is 0 Å². The molecule has 0 atom stereocenters. The van der Waals surface area contributed by atoms with Gasteiger partial charge in [-0.05, 0) is 63.4 Å². The molecule has 2 aromatic heterocycles. The molecule has 1 N–H and O–H groups in total. The average Bonchev–Trinajstić information content (AvgIpc) is 2.91. The Morgan fingerprint density at radius 1 is 1.20 bits per heavy atom. The van der Waals surface area contributed by atoms with Crippen molar-refractivity contribution in [3.63, 3.8) is 0 Å². The van der Waals surface area contributed by atoms with Crippen LogP contribution in [0.4, 0.5) is 5.69 Å². The number of halogens is 1. The fourth-order valence-electron chi connectivity index (χ4n) is 2.99. The van der Waals surface area contributed by atoms with Crippen LogP contribution in [0.1, 0.15) is 34.6 Å². The van der Waals surface area contributed by atoms with Crippen molar-refractivity contribution in [2.75, 3.05) is 5.32 Å². The molecule has 6 heteroatoms. The molecule has 1 amide bonds. The fourth-order valence-corrected chi connectivity index (χ4v) is 3.23. The third kappa shape index (κ3) is 3.74. The van der Waals surface area contributed by atoms with Gasteiger partial charge in [-0.3, -0.25) is 4.79 Å². The summed E-state index contributed by atoms with van der Waals surface area (Å²) in [6.07, 6.45) is 1.05. The van der Waals surface area contributed by atoms with Crippen LogP contribution in [0.2, 0.25) is 0 Å². The SMILES string of the molecule is Cc1cc2nc(C)c(CCC(=O)Nc3ccc(Br)c(C)c3)c(C)n2n1. The number of nitrogens with zero attached hydrogens (tertiary/aromatic N) is 3. The molecular formula is C19H21BrN4O. The molecule has 0 unspecified atom stereocenters. The Morgan fingerprint density at radius 3 is 2.68 bits per heavy atom. The number of carbonyl (C=O) groups excluding carboxylic acids is 1. The van der Waals surface area contributed by atoms with Gasteiger partial charge < -0.3 is 5.32 Å². The van der Waals surface area contributed by atoms with Gasteiger partial charge in [0.15, 0.2) is 5.65 Å². The molecule has 0 spiro atoms. The zero-order valence-corrected chi connectivity index (χ0v) is 16.4. The van der Waals surface area contributed by atoms with Crippen molar-refractivity contribution in [2.24, 2.45) is 0 Å². The highest BCUT2D eigenvalue weighted by molar-refractivity contribution is 9.10. The largest absolute Gasteiger partial charge is 0.326 e. The van der Waals surface area contributed by atoms with Crippen molar-refractivity contribution >= 4 is 33.2 Å². The number of benzene rings is 1. The van der Waals surface area contributed by atoms with E-state index in [2.05, 4.69) is 31.3 Å². The first-order valence-corrected chi connectivity index (χ1v) is 9.03. The number of rotatable bonds is 4. The minimum atomic E-state index is -0.00253. The van der Waals surface area contributed by atoms with E-state index in [1.165, 1.54) is 0 Å². The lowest BCUT2D eigenvalue weighted by atomic mass is 10.1. The van der Waals surface area contributed by atoms with Crippen molar-refractivity contribution in [1.82, 2.24) is 14.6 Å². The normalized spacial score (nSPS) is 11.1. The molecule has 0 aliphatic carbocycles. The molecule has 0 aliphatic heterocycles. The summed E-state index contributed by atoms with van der Waals surface area (Å²) in [6.45, 7) is 7.97. The van der Waals surface area contributed by atoms with Crippen molar-refractivity contribution in [3.05, 3.63) is 56.9 Å². The number of aromatic nitrogens is 3. The van der Waals surface area contributed by atoms with E-state index in [0.29, 0.717) is 12.8 Å². The van der Waals surface area contributed by atoms with E-state index in [1.807, 2.05) is 56.5 Å². The van der Waals surface area contributed by atoms with Gasteiger partial charge in [-0.2, -0.15) is 5.10 Å². The lowest BCUT2D eigenvalue weighted by Crippen LogP contribution is -2.14. The molecule has 3 aromatic rings. The van der Waals surface area contributed by atoms with Gasteiger partial charge in [0.05, 0.1) is 5.69 Å². The number of hydrogen-bond acceptors (Lipinski definition) is 3. The Labute approximate surface area is 155 Å². The fraction of sp³-hybridized carbons (Fsp3) is 0.316. The van der Waals surface area contributed by atoms with Gasteiger partial charge in [0, 0.05) is 34.0 Å². The number of hydrogen-bond donors (Lipinski definition) is 1. The maximum Gasteiger partial charge on any atom is 0.224 e. The molecule has 3 rings (SSSR count). The van der Waals surface area contributed by atoms with Gasteiger partial charge in [-0.15, -0.1) is 0 Å². The second kappa shape index (κ2) is 6.96. The smallest absolute Gasteiger partial charge is 0.224 e. The minimum absolute atomic E-state index is 0.00253. The first-order valence-electron chi connectivity index (χ1n) is 8.23. The maximum atomic E-state index is 12.3. The van der Waals surface area contributed by atoms with Crippen LogP contribution in [0.15, 0.2) is 28.7 Å². The summed E-state index contributed by atoms with van der Waals surface area (Å²) >= 11 is 3.47. The molecule has 0 aliphatic rings. The van der Waals surface area contributed by atoms with Crippen molar-refractivity contribution in [3.8, 4) is 0 Å². The predicted molar refractivity (Wildman–Crippen MR) is 103 cm³/mol. The Balaban J connectivity index is 1.73. The van der Waals surface area contributed by atoms with Gasteiger partial charge in [-0.25, -0.2) is 9.50 Å². The van der Waals surface area contributed by atoms with Crippen LogP contribution in [0, 0.1) is 27.7 Å². The summed E-state index contributed by atoms with van der Waals surface area (Å²) in [5.74, 6) is -0.00253. The van der Waals surface area contributed by atoms with E-state index in [-0.39, 0.29) is 5.91 Å². The molecular weight excluding hydrogens is 380 g/mol. The quantitative estimate of drug-likeness (QED) is 0.709. The zero-order chi connectivity index (χ0) is 18.1. The molecule has 0 saturated carbocycles. The molecule has 0 bridgehead atoms. The van der Waals surface area contributed by atoms with E-state index in [9.17, 15) is 4.79 Å². The summed E-state index contributed by atoms with van der Waals surface area (Å²) in [5.41, 5.74) is 6.78. The minimum Gasteiger partial charge on any atom is -0.326 e. The highest BCUT2D eigenvalue weighted by Crippen LogP contribution is 2.21. The number of carbonyl (C=O) groups is 1. The molecule has 2 heterocycles. The lowest BCUT2D eigenvalue weighted by molar-refractivity contribution is -0.116. The van der Waals surface area contributed by atoms with Crippen LogP contribution in [0.3, 0.4) is 0 Å². The number of amides is 1. The van der Waals surface area contributed by atoms with Gasteiger partial charge in [0.2, 0.25) is 5.91 Å². The topological polar surface area (TPSA) is 59.3 Å². The first kappa shape index (κ1) is 17.6. The summed E-state index contributed by atoms with van der Waals surface area (Å²) in [5, 5.41) is 7.43. The van der Waals surface area contributed by atoms with Gasteiger partial charge in [0.1, 0.15) is 0 Å². The second-order valence-electron chi connectivity index (χ2n) is 6.33. The Kier molecular flexibility index (Phi) is 4.90. The van der Waals surface area contributed by atoms with Crippen LogP contribution in [0.25, 0.3) is 5.65 Å². The molecule has 0 radical (unpaired) electrons. The summed E-state index contributed by atoms with van der Waals surface area (Å²) in [4.78, 5) is 16.9. The highest BCUT2D eigenvalue weighted by atomic mass is 79.9. The zero-order valence-electron chi connectivity index (χ0n) is 14.9. The summed E-state index contributed by atoms with van der Waals surface area (Å²) < 4.78 is 2.89. The molecule has 130 valence electrons. The van der Waals surface area contributed by atoms with Crippen LogP contribution in [-0.2, 0) is 11.2 Å². The van der Waals surface area contributed by atoms with E-state index < -0.39 is 0 Å². The van der Waals surface area contributed by atoms with Crippen molar-refractivity contribution in [2.45, 2.75) is 40.5 Å². The van der Waals surface area contributed by atoms with Crippen molar-refractivity contribution in [1.29, 1.82) is 0 Å². The van der Waals surface area contributed by atoms with Crippen molar-refractivity contribution < 1.29 is 4.79 Å². The molecule has 0 saturated heterocycles. The summed E-state index contributed by atoms with van der Waals surface area (Å²) in [7, 11) is 0. The number of aryl methyl sites for hydroxylation is 4. The van der Waals surface area contributed by atoms with Crippen LogP contribution >= 0.6 is 15.9 Å². The Bertz CT molecular complexity index is 962. The van der Waals surface area contributed by atoms with Gasteiger partial charge in [0.25, 0.3) is 0 Å². The van der Waals surface area contributed by atoms with E-state index >= 15 is 0 Å². The predicted octanol–water partition coefficient (Wildman–Crippen LogP) is 4.30. The summed E-state index contributed by atoms with van der Waals surface area (Å²) in [6, 6.07) is 7.76. The molecule has 0 fully saturated rings. The highest BCUT2D eigenvalue weighted by Gasteiger charge is 2.13. The van der Waals surface area contributed by atoms with Gasteiger partial charge >= 0.3 is 0 Å². The number of anilines is 1. The van der Waals surface area contributed by atoms with Crippen LogP contribution in [-0.4, -0.2) is 20.5 Å². The Morgan fingerprint density at radius 2 is 1.96 bits per heavy atom. The second-order valence-corrected chi connectivity index (χ2v) is 7.18. The maximum absolute atomic E-state index is 12.3. The van der Waals surface area contributed by atoms with Crippen LogP contribution < -0.4 is 5.32 Å². The monoisotopic (exact) mass is 400 g/mol. The number of nitrogens with one attached hydrogen (secondary N) is 1. The van der Waals surface area contributed by atoms with E-state index in [1.54, 1.807) is 0 Å². The third-order valence-electron chi connectivity index (χ3n) is 4.33. The molecule has 25 heavy (non-hydrogen) atoms. The lowest BCUT2D eigenvalue weighted by Gasteiger charge is -2.11. The Hall–Kier alpha value is -2.21. The first-order chi connectivity index (χ1) is 11.8. The average molecular weight is 401 g/mol. The molecule has 1 aromatic carbocycles. The van der Waals surface area contributed by atoms with E-state index in [0.717, 1.165) is 44.0 Å².